The van der Waals surface area contributed by atoms with Crippen LogP contribution in [0.2, 0.25) is 0 Å². The number of aromatic nitrogens is 2. The number of nitro benzene ring substituents is 1. The Labute approximate surface area is 107 Å². The lowest BCUT2D eigenvalue weighted by atomic mass is 10.0. The van der Waals surface area contributed by atoms with Gasteiger partial charge in [-0.1, -0.05) is 6.92 Å². The quantitative estimate of drug-likeness (QED) is 0.660. The highest BCUT2D eigenvalue weighted by Crippen LogP contribution is 2.23. The average molecular weight is 261 g/mol. The van der Waals surface area contributed by atoms with Crippen molar-refractivity contribution in [1.29, 1.82) is 0 Å². The van der Waals surface area contributed by atoms with E-state index in [1.807, 2.05) is 0 Å². The van der Waals surface area contributed by atoms with Gasteiger partial charge < -0.3 is 4.98 Å². The van der Waals surface area contributed by atoms with Gasteiger partial charge in [-0.3, -0.25) is 19.7 Å². The van der Waals surface area contributed by atoms with Crippen LogP contribution >= 0.6 is 0 Å². The number of nitrogens with one attached hydrogen (secondary N) is 1. The molecule has 0 aliphatic heterocycles. The number of benzene rings is 1. The van der Waals surface area contributed by atoms with Gasteiger partial charge in [-0.05, 0) is 6.07 Å². The summed E-state index contributed by atoms with van der Waals surface area (Å²) in [5.74, 6) is -0.104. The van der Waals surface area contributed by atoms with Crippen LogP contribution in [0, 0.1) is 10.1 Å². The molecule has 19 heavy (non-hydrogen) atoms. The average Bonchev–Trinajstić information content (AvgIpc) is 2.38. The zero-order valence-corrected chi connectivity index (χ0v) is 10.2. The van der Waals surface area contributed by atoms with Crippen molar-refractivity contribution >= 4 is 22.4 Å². The third-order valence-electron chi connectivity index (χ3n) is 2.82. The molecule has 0 aliphatic rings. The number of hydrogen-bond acceptors (Lipinski definition) is 5. The lowest BCUT2D eigenvalue weighted by Crippen LogP contribution is -2.09. The van der Waals surface area contributed by atoms with Crippen LogP contribution in [0.15, 0.2) is 23.3 Å². The Morgan fingerprint density at radius 2 is 2.21 bits per heavy atom. The molecule has 7 heteroatoms. The van der Waals surface area contributed by atoms with Gasteiger partial charge in [0.2, 0.25) is 0 Å². The number of H-pyrrole nitrogens is 1. The van der Waals surface area contributed by atoms with Crippen molar-refractivity contribution in [1.82, 2.24) is 9.97 Å². The predicted molar refractivity (Wildman–Crippen MR) is 68.0 cm³/mol. The molecule has 0 aliphatic carbocycles. The number of Topliss-reactive ketones (excluding diaryl/α,β-unsaturated/α-hetero) is 1. The summed E-state index contributed by atoms with van der Waals surface area (Å²) in [6.45, 7) is 1.69. The first-order valence-electron chi connectivity index (χ1n) is 5.69. The standard InChI is InChI=1S/C12H11N3O4/c1-2-8(16)3-7-4-10-9(5-11(7)15(18)19)12(17)14-6-13-10/h4-6H,2-3H2,1H3,(H,13,14,17). The first-order chi connectivity index (χ1) is 9.02. The summed E-state index contributed by atoms with van der Waals surface area (Å²) in [6, 6.07) is 2.59. The van der Waals surface area contributed by atoms with Crippen LogP contribution in [-0.2, 0) is 11.2 Å². The van der Waals surface area contributed by atoms with E-state index in [0.29, 0.717) is 11.9 Å². The highest BCUT2D eigenvalue weighted by molar-refractivity contribution is 5.86. The van der Waals surface area contributed by atoms with Gasteiger partial charge in [0.05, 0.1) is 22.2 Å². The Morgan fingerprint density at radius 3 is 2.84 bits per heavy atom. The fourth-order valence-electron chi connectivity index (χ4n) is 1.80. The molecule has 0 unspecified atom stereocenters. The SMILES string of the molecule is CCC(=O)Cc1cc2nc[nH]c(=O)c2cc1[N+](=O)[O-]. The van der Waals surface area contributed by atoms with E-state index in [1.165, 1.54) is 18.5 Å². The number of rotatable bonds is 4. The molecule has 0 atom stereocenters. The lowest BCUT2D eigenvalue weighted by Gasteiger charge is -2.03. The summed E-state index contributed by atoms with van der Waals surface area (Å²) in [6.07, 6.45) is 1.50. The molecule has 1 heterocycles. The van der Waals surface area contributed by atoms with Crippen molar-refractivity contribution in [3.8, 4) is 0 Å². The Morgan fingerprint density at radius 1 is 1.47 bits per heavy atom. The molecule has 0 amide bonds. The van der Waals surface area contributed by atoms with Crippen LogP contribution in [0.1, 0.15) is 18.9 Å². The summed E-state index contributed by atoms with van der Waals surface area (Å²) in [5, 5.41) is 11.1. The normalized spacial score (nSPS) is 10.6. The fraction of sp³-hybridized carbons (Fsp3) is 0.250. The molecule has 98 valence electrons. The molecular weight excluding hydrogens is 250 g/mol. The van der Waals surface area contributed by atoms with Gasteiger partial charge in [-0.2, -0.15) is 0 Å². The number of fused-ring (bicyclic) bond motifs is 1. The van der Waals surface area contributed by atoms with E-state index in [1.54, 1.807) is 6.92 Å². The van der Waals surface area contributed by atoms with Gasteiger partial charge >= 0.3 is 0 Å². The third kappa shape index (κ3) is 2.49. The maximum Gasteiger partial charge on any atom is 0.273 e. The van der Waals surface area contributed by atoms with Crippen LogP contribution in [0.25, 0.3) is 10.9 Å². The topological polar surface area (TPSA) is 106 Å². The van der Waals surface area contributed by atoms with E-state index < -0.39 is 10.5 Å². The molecule has 7 nitrogen and oxygen atoms in total. The largest absolute Gasteiger partial charge is 0.313 e. The molecule has 0 radical (unpaired) electrons. The summed E-state index contributed by atoms with van der Waals surface area (Å²) in [5.41, 5.74) is -0.0510. The van der Waals surface area contributed by atoms with Gasteiger partial charge in [0.1, 0.15) is 5.78 Å². The van der Waals surface area contributed by atoms with Gasteiger partial charge in [0.15, 0.2) is 0 Å². The van der Waals surface area contributed by atoms with E-state index >= 15 is 0 Å². The second kappa shape index (κ2) is 4.97. The van der Waals surface area contributed by atoms with E-state index in [4.69, 9.17) is 0 Å². The van der Waals surface area contributed by atoms with E-state index in [2.05, 4.69) is 9.97 Å². The predicted octanol–water partition coefficient (Wildman–Crippen LogP) is 1.35. The molecule has 0 fully saturated rings. The molecule has 1 aromatic carbocycles. The van der Waals surface area contributed by atoms with Crippen LogP contribution in [0.5, 0.6) is 0 Å². The number of carbonyl (C=O) groups excluding carboxylic acids is 1. The molecule has 0 saturated carbocycles. The number of carbonyl (C=O) groups is 1. The summed E-state index contributed by atoms with van der Waals surface area (Å²) in [4.78, 5) is 39.7. The fourth-order valence-corrected chi connectivity index (χ4v) is 1.80. The number of nitrogens with zero attached hydrogens (tertiary/aromatic N) is 2. The van der Waals surface area contributed by atoms with E-state index in [9.17, 15) is 19.7 Å². The second-order valence-corrected chi connectivity index (χ2v) is 4.06. The number of aromatic amines is 1. The van der Waals surface area contributed by atoms with E-state index in [0.717, 1.165) is 0 Å². The minimum Gasteiger partial charge on any atom is -0.313 e. The Bertz CT molecular complexity index is 720. The smallest absolute Gasteiger partial charge is 0.273 e. The molecule has 2 rings (SSSR count). The first-order valence-corrected chi connectivity index (χ1v) is 5.69. The Hall–Kier alpha value is -2.57. The number of hydrogen-bond donors (Lipinski definition) is 1. The maximum absolute atomic E-state index is 11.6. The lowest BCUT2D eigenvalue weighted by molar-refractivity contribution is -0.385. The molecule has 2 aromatic rings. The van der Waals surface area contributed by atoms with Crippen LogP contribution in [0.3, 0.4) is 0 Å². The summed E-state index contributed by atoms with van der Waals surface area (Å²) in [7, 11) is 0. The van der Waals surface area contributed by atoms with Crippen molar-refractivity contribution in [2.24, 2.45) is 0 Å². The molecule has 1 aromatic heterocycles. The number of ketones is 1. The van der Waals surface area contributed by atoms with Crippen molar-refractivity contribution in [3.63, 3.8) is 0 Å². The first kappa shape index (κ1) is 12.9. The van der Waals surface area contributed by atoms with Gasteiger partial charge in [-0.25, -0.2) is 4.98 Å². The zero-order valence-electron chi connectivity index (χ0n) is 10.2. The highest BCUT2D eigenvalue weighted by Gasteiger charge is 2.18. The Kier molecular flexibility index (Phi) is 3.37. The van der Waals surface area contributed by atoms with Gasteiger partial charge in [0, 0.05) is 24.5 Å². The van der Waals surface area contributed by atoms with Crippen molar-refractivity contribution in [2.75, 3.05) is 0 Å². The zero-order chi connectivity index (χ0) is 14.0. The third-order valence-corrected chi connectivity index (χ3v) is 2.82. The minimum absolute atomic E-state index is 0.0305. The van der Waals surface area contributed by atoms with Crippen molar-refractivity contribution in [2.45, 2.75) is 19.8 Å². The minimum atomic E-state index is -0.593. The van der Waals surface area contributed by atoms with Crippen LogP contribution < -0.4 is 5.56 Å². The summed E-state index contributed by atoms with van der Waals surface area (Å²) >= 11 is 0. The molecule has 0 spiro atoms. The molecule has 0 saturated heterocycles. The van der Waals surface area contributed by atoms with Crippen LogP contribution in [-0.4, -0.2) is 20.7 Å². The van der Waals surface area contributed by atoms with E-state index in [-0.39, 0.29) is 28.8 Å². The highest BCUT2D eigenvalue weighted by atomic mass is 16.6. The van der Waals surface area contributed by atoms with Gasteiger partial charge in [-0.15, -0.1) is 0 Å². The Balaban J connectivity index is 2.68. The van der Waals surface area contributed by atoms with Crippen molar-refractivity contribution in [3.05, 3.63) is 44.5 Å². The number of nitro groups is 1. The second-order valence-electron chi connectivity index (χ2n) is 4.06. The van der Waals surface area contributed by atoms with Gasteiger partial charge in [0.25, 0.3) is 11.2 Å². The summed E-state index contributed by atoms with van der Waals surface area (Å²) < 4.78 is 0. The maximum atomic E-state index is 11.6. The van der Waals surface area contributed by atoms with Crippen LogP contribution in [0.4, 0.5) is 5.69 Å². The molecule has 1 N–H and O–H groups in total. The molecular formula is C12H11N3O4. The molecule has 0 bridgehead atoms. The monoisotopic (exact) mass is 261 g/mol. The van der Waals surface area contributed by atoms with Crippen molar-refractivity contribution < 1.29 is 9.72 Å².